The number of nitrogens with one attached hydrogen (secondary N) is 2. The smallest absolute Gasteiger partial charge is 0.256 e. The average molecular weight is 717 g/mol. The van der Waals surface area contributed by atoms with E-state index in [4.69, 9.17) is 15.0 Å². The summed E-state index contributed by atoms with van der Waals surface area (Å²) in [7, 11) is 0. The number of piperidine rings is 2. The Labute approximate surface area is 306 Å². The molecule has 0 spiro atoms. The van der Waals surface area contributed by atoms with Crippen molar-refractivity contribution in [2.24, 2.45) is 0 Å². The molecule has 0 atom stereocenters. The van der Waals surface area contributed by atoms with Crippen molar-refractivity contribution in [1.82, 2.24) is 39.6 Å². The number of hydrogen-bond acceptors (Lipinski definition) is 13. The normalized spacial score (nSPS) is 14.8. The number of carbonyl (C=O) groups is 1. The van der Waals surface area contributed by atoms with Crippen molar-refractivity contribution in [3.05, 3.63) is 82.9 Å². The van der Waals surface area contributed by atoms with Crippen LogP contribution in [0.4, 0.5) is 34.9 Å². The van der Waals surface area contributed by atoms with E-state index in [-0.39, 0.29) is 54.4 Å². The summed E-state index contributed by atoms with van der Waals surface area (Å²) in [6.45, 7) is 7.41. The number of phenols is 1. The van der Waals surface area contributed by atoms with Gasteiger partial charge in [-0.15, -0.1) is 12.4 Å². The number of fused-ring (bicyclic) bond motifs is 1. The van der Waals surface area contributed by atoms with Gasteiger partial charge in [-0.05, 0) is 92.5 Å². The monoisotopic (exact) mass is 716 g/mol. The fourth-order valence-corrected chi connectivity index (χ4v) is 6.53. The molecule has 0 bridgehead atoms. The maximum atomic E-state index is 13.3. The van der Waals surface area contributed by atoms with Gasteiger partial charge in [0.2, 0.25) is 17.8 Å². The first kappa shape index (κ1) is 41.4. The molecule has 4 heterocycles. The number of carbonyl (C=O) groups excluding carboxylic acids is 1. The van der Waals surface area contributed by atoms with Crippen molar-refractivity contribution in [2.75, 3.05) is 51.5 Å². The fourth-order valence-electron chi connectivity index (χ4n) is 6.53. The number of phenolic OH excluding ortho intramolecular Hbond substituents is 1. The lowest BCUT2D eigenvalue weighted by Crippen LogP contribution is -2.34. The Morgan fingerprint density at radius 2 is 1.28 bits per heavy atom. The molecule has 1 amide bonds. The Hall–Kier alpha value is -4.73. The molecule has 0 saturated carbocycles. The molecule has 1 aromatic heterocycles. The van der Waals surface area contributed by atoms with Crippen LogP contribution >= 0.6 is 12.4 Å². The largest absolute Gasteiger partial charge is 0.506 e. The highest BCUT2D eigenvalue weighted by molar-refractivity contribution is 6.06. The van der Waals surface area contributed by atoms with Crippen LogP contribution in [0, 0.1) is 6.92 Å². The predicted octanol–water partition coefficient (Wildman–Crippen LogP) is 8.44. The van der Waals surface area contributed by atoms with E-state index in [2.05, 4.69) is 55.7 Å². The highest BCUT2D eigenvalue weighted by atomic mass is 35.5. The van der Waals surface area contributed by atoms with Gasteiger partial charge in [-0.2, -0.15) is 15.0 Å². The minimum atomic E-state index is -0.269. The third-order valence-corrected chi connectivity index (χ3v) is 9.05. The van der Waals surface area contributed by atoms with Crippen molar-refractivity contribution >= 4 is 53.2 Å². The van der Waals surface area contributed by atoms with Crippen LogP contribution < -0.4 is 49.9 Å². The quantitative estimate of drug-likeness (QED) is 0.0888. The van der Waals surface area contributed by atoms with Crippen LogP contribution in [0.2, 0.25) is 0 Å². The van der Waals surface area contributed by atoms with Gasteiger partial charge >= 0.3 is 0 Å². The zero-order valence-electron chi connectivity index (χ0n) is 29.0. The third kappa shape index (κ3) is 9.08. The first-order valence-electron chi connectivity index (χ1n) is 16.1. The fraction of sp³-hybridized carbons (Fsp3) is 0.371. The number of anilines is 6. The molecule has 50 heavy (non-hydrogen) atoms. The molecule has 15 heteroatoms. The minimum Gasteiger partial charge on any atom is -0.506 e. The van der Waals surface area contributed by atoms with Gasteiger partial charge in [-0.1, -0.05) is 24.3 Å². The molecular formula is C35H61ClN12O2. The molecule has 280 valence electrons. The lowest BCUT2D eigenvalue weighted by Gasteiger charge is -2.30. The Kier molecular flexibility index (Phi) is 15.2. The second-order valence-electron chi connectivity index (χ2n) is 12.3. The average Bonchev–Trinajstić information content (AvgIpc) is 3.51. The number of nitrogens with zero attached hydrogens (tertiary/aromatic N) is 6. The lowest BCUT2D eigenvalue weighted by molar-refractivity contribution is 0.102. The van der Waals surface area contributed by atoms with E-state index in [9.17, 15) is 9.90 Å². The Morgan fingerprint density at radius 3 is 1.80 bits per heavy atom. The Morgan fingerprint density at radius 1 is 0.720 bits per heavy atom. The van der Waals surface area contributed by atoms with Gasteiger partial charge in [0.1, 0.15) is 5.75 Å². The van der Waals surface area contributed by atoms with E-state index in [0.29, 0.717) is 34.8 Å². The minimum absolute atomic E-state index is 0. The molecule has 3 aliphatic heterocycles. The molecule has 2 fully saturated rings. The summed E-state index contributed by atoms with van der Waals surface area (Å²) >= 11 is 0. The molecule has 3 aliphatic rings. The van der Waals surface area contributed by atoms with Crippen molar-refractivity contribution in [3.8, 4) is 5.75 Å². The van der Waals surface area contributed by atoms with Crippen LogP contribution in [-0.2, 0) is 13.1 Å². The van der Waals surface area contributed by atoms with Gasteiger partial charge in [-0.25, -0.2) is 0 Å². The number of hydrogen-bond donors (Lipinski definition) is 7. The van der Waals surface area contributed by atoms with Crippen molar-refractivity contribution in [2.45, 2.75) is 58.5 Å². The zero-order chi connectivity index (χ0) is 30.8. The zero-order valence-corrected chi connectivity index (χ0v) is 29.9. The molecule has 14 nitrogen and oxygen atoms in total. The molecule has 0 aliphatic carbocycles. The van der Waals surface area contributed by atoms with E-state index < -0.39 is 0 Å². The number of aromatic nitrogens is 3. The number of halogens is 1. The van der Waals surface area contributed by atoms with Crippen LogP contribution in [0.1, 0.15) is 71.3 Å². The summed E-state index contributed by atoms with van der Waals surface area (Å²) in [5, 5.41) is 17.0. The molecule has 0 radical (unpaired) electrons. The Balaban J connectivity index is -0.00000289. The van der Waals surface area contributed by atoms with E-state index in [1.165, 1.54) is 24.0 Å². The SMILES string of the molecule is Cc1cc(N2Cc3ccccc3C2)ccc1C(=O)Nc1ccc(Nc2nc(N3CCCCC3)nc(N3CCCCC3)n2)cc1O.Cl.N.N.N.N.[HH].[HH].[HH].[HH]. The summed E-state index contributed by atoms with van der Waals surface area (Å²) < 4.78 is 0. The van der Waals surface area contributed by atoms with Crippen LogP contribution in [0.15, 0.2) is 60.7 Å². The Bertz CT molecular complexity index is 1670. The molecule has 0 unspecified atom stereocenters. The van der Waals surface area contributed by atoms with Crippen LogP contribution in [0.5, 0.6) is 5.75 Å². The molecule has 4 aromatic rings. The number of aryl methyl sites for hydroxylation is 1. The molecular weight excluding hydrogens is 656 g/mol. The second kappa shape index (κ2) is 18.3. The van der Waals surface area contributed by atoms with Crippen LogP contribution in [0.25, 0.3) is 0 Å². The number of benzene rings is 3. The van der Waals surface area contributed by atoms with Crippen LogP contribution in [0.3, 0.4) is 0 Å². The van der Waals surface area contributed by atoms with E-state index in [1.54, 1.807) is 18.2 Å². The van der Waals surface area contributed by atoms with Crippen molar-refractivity contribution in [1.29, 1.82) is 0 Å². The number of amides is 1. The van der Waals surface area contributed by atoms with Crippen molar-refractivity contribution < 1.29 is 15.6 Å². The predicted molar refractivity (Wildman–Crippen MR) is 215 cm³/mol. The maximum absolute atomic E-state index is 13.3. The summed E-state index contributed by atoms with van der Waals surface area (Å²) in [6.07, 6.45) is 6.98. The highest BCUT2D eigenvalue weighted by Gasteiger charge is 2.22. The van der Waals surface area contributed by atoms with E-state index in [0.717, 1.165) is 76.2 Å². The first-order valence-corrected chi connectivity index (χ1v) is 16.1. The topological polar surface area (TPSA) is 250 Å². The van der Waals surface area contributed by atoms with Gasteiger partial charge in [-0.3, -0.25) is 4.79 Å². The van der Waals surface area contributed by atoms with Crippen LogP contribution in [-0.4, -0.2) is 52.1 Å². The summed E-state index contributed by atoms with van der Waals surface area (Å²) in [6, 6.07) is 19.5. The van der Waals surface area contributed by atoms with Gasteiger partial charge in [0.15, 0.2) is 0 Å². The molecule has 7 rings (SSSR count). The molecule has 2 saturated heterocycles. The maximum Gasteiger partial charge on any atom is 0.256 e. The van der Waals surface area contributed by atoms with E-state index in [1.807, 2.05) is 19.1 Å². The first-order chi connectivity index (χ1) is 22.0. The van der Waals surface area contributed by atoms with Gasteiger partial charge in [0.25, 0.3) is 5.91 Å². The third-order valence-electron chi connectivity index (χ3n) is 9.05. The number of rotatable bonds is 7. The number of aromatic hydroxyl groups is 1. The highest BCUT2D eigenvalue weighted by Crippen LogP contribution is 2.32. The summed E-state index contributed by atoms with van der Waals surface area (Å²) in [4.78, 5) is 34.4. The van der Waals surface area contributed by atoms with E-state index >= 15 is 0 Å². The standard InChI is InChI=1S/C35H40N8O2.ClH.4H3N.4H2/c1-24-20-28(43-22-25-10-4-5-11-26(25)23-43)13-14-29(24)32(45)37-30-15-12-27(21-31(30)44)36-33-38-34(41-16-6-2-7-17-41)40-35(39-33)42-18-8-3-9-19-42;;;;;;;;;/h4-5,10-15,20-21,44H,2-3,6-9,16-19,22-23H2,1H3,(H,37,45)(H,36,38,39,40);1H;4*1H3;4*1H. The van der Waals surface area contributed by atoms with Gasteiger partial charge in [0.05, 0.1) is 5.69 Å². The molecule has 15 N–H and O–H groups in total. The van der Waals surface area contributed by atoms with Gasteiger partial charge < -0.3 is 55.0 Å². The van der Waals surface area contributed by atoms with Crippen molar-refractivity contribution in [3.63, 3.8) is 0 Å². The summed E-state index contributed by atoms with van der Waals surface area (Å²) in [5.74, 6) is 1.51. The molecule has 3 aromatic carbocycles. The second-order valence-corrected chi connectivity index (χ2v) is 12.3. The summed E-state index contributed by atoms with van der Waals surface area (Å²) in [5.41, 5.74) is 6.17. The lowest BCUT2D eigenvalue weighted by atomic mass is 10.1. The van der Waals surface area contributed by atoms with Gasteiger partial charge in [0, 0.05) is 68.0 Å².